The second kappa shape index (κ2) is 20.4. The van der Waals surface area contributed by atoms with Crippen LogP contribution in [0.4, 0.5) is 10.5 Å². The van der Waals surface area contributed by atoms with Crippen molar-refractivity contribution in [2.24, 2.45) is 40.4 Å². The summed E-state index contributed by atoms with van der Waals surface area (Å²) in [5.74, 6) is 0.0415. The van der Waals surface area contributed by atoms with Gasteiger partial charge in [-0.3, -0.25) is 14.4 Å². The van der Waals surface area contributed by atoms with Gasteiger partial charge in [0.15, 0.2) is 11.5 Å². The predicted molar refractivity (Wildman–Crippen MR) is 222 cm³/mol. The average Bonchev–Trinajstić information content (AvgIpc) is 3.56. The number of phenols is 1. The fraction of sp³-hybridized carbons (Fsp3) is 0.778. The lowest BCUT2D eigenvalue weighted by molar-refractivity contribution is -0.179. The van der Waals surface area contributed by atoms with E-state index < -0.39 is 35.4 Å². The van der Waals surface area contributed by atoms with Crippen LogP contribution in [0.3, 0.4) is 0 Å². The minimum atomic E-state index is -0.701. The van der Waals surface area contributed by atoms with Crippen LogP contribution in [-0.4, -0.2) is 103 Å². The number of hydrogen-bond donors (Lipinski definition) is 6. The Kier molecular flexibility index (Phi) is 16.1. The van der Waals surface area contributed by atoms with Crippen molar-refractivity contribution in [3.63, 3.8) is 0 Å². The first kappa shape index (κ1) is 46.6. The Balaban J connectivity index is 1.04. The number of aliphatic hydroxyl groups excluding tert-OH is 1. The van der Waals surface area contributed by atoms with E-state index in [2.05, 4.69) is 43.6 Å². The summed E-state index contributed by atoms with van der Waals surface area (Å²) in [6.07, 6.45) is 11.3. The van der Waals surface area contributed by atoms with Crippen LogP contribution in [-0.2, 0) is 23.8 Å². The van der Waals surface area contributed by atoms with Gasteiger partial charge in [-0.05, 0) is 118 Å². The van der Waals surface area contributed by atoms with Gasteiger partial charge in [0, 0.05) is 12.5 Å². The van der Waals surface area contributed by atoms with Crippen molar-refractivity contribution in [1.29, 1.82) is 0 Å². The van der Waals surface area contributed by atoms with E-state index in [-0.39, 0.29) is 91.0 Å². The van der Waals surface area contributed by atoms with Gasteiger partial charge in [0.25, 0.3) is 0 Å². The number of ether oxygens (including phenoxy) is 4. The summed E-state index contributed by atoms with van der Waals surface area (Å²) >= 11 is 0. The maximum Gasteiger partial charge on any atom is 0.407 e. The molecule has 1 aromatic rings. The van der Waals surface area contributed by atoms with E-state index in [4.69, 9.17) is 18.9 Å². The van der Waals surface area contributed by atoms with E-state index in [0.717, 1.165) is 64.2 Å². The molecule has 4 saturated carbocycles. The number of amides is 3. The van der Waals surface area contributed by atoms with Crippen LogP contribution in [0.5, 0.6) is 11.5 Å². The Morgan fingerprint density at radius 1 is 0.881 bits per heavy atom. The van der Waals surface area contributed by atoms with Gasteiger partial charge in [-0.2, -0.15) is 0 Å². The minimum absolute atomic E-state index is 0.0262. The molecule has 3 amide bonds. The minimum Gasteiger partial charge on any atom is -0.505 e. The number of phenolic OH excluding ortho intramolecular Hbond substituents is 1. The fourth-order valence-corrected chi connectivity index (χ4v) is 11.9. The number of rotatable bonds is 20. The van der Waals surface area contributed by atoms with Crippen molar-refractivity contribution in [2.75, 3.05) is 51.9 Å². The summed E-state index contributed by atoms with van der Waals surface area (Å²) < 4.78 is 22.1. The third-order valence-corrected chi connectivity index (χ3v) is 14.7. The number of aromatic hydroxyl groups is 1. The summed E-state index contributed by atoms with van der Waals surface area (Å²) in [5.41, 5.74) is -0.709. The SMILES string of the molecule is CCCCCC[C@](C)(O)[C@H]1CC[C@H]2[C@@H]3C[C@H](OC(=O)NCC(=O)NCCOCCOCC(=O)Nc4ccc(OC)c(C(C)=O)c4O)[C@H]4C[C@@H](O)CC[C@]4(C)[C@H]3CC[C@@]21C. The van der Waals surface area contributed by atoms with Gasteiger partial charge in [-0.15, -0.1) is 0 Å². The highest BCUT2D eigenvalue weighted by Crippen LogP contribution is 2.69. The van der Waals surface area contributed by atoms with Gasteiger partial charge in [0.1, 0.15) is 24.0 Å². The van der Waals surface area contributed by atoms with Gasteiger partial charge in [0.2, 0.25) is 11.8 Å². The molecule has 0 bridgehead atoms. The number of anilines is 1. The molecular formula is C45H71N3O11. The number of alkyl carbamates (subject to hydrolysis) is 1. The predicted octanol–water partition coefficient (Wildman–Crippen LogP) is 6.14. The molecule has 0 heterocycles. The summed E-state index contributed by atoms with van der Waals surface area (Å²) in [5, 5.41) is 40.9. The van der Waals surface area contributed by atoms with Crippen LogP contribution in [0.2, 0.25) is 0 Å². The van der Waals surface area contributed by atoms with Crippen LogP contribution in [0.1, 0.15) is 128 Å². The van der Waals surface area contributed by atoms with E-state index in [9.17, 15) is 34.5 Å². The monoisotopic (exact) mass is 830 g/mol. The first-order valence-electron chi connectivity index (χ1n) is 22.0. The Hall–Kier alpha value is -3.46. The molecule has 0 radical (unpaired) electrons. The number of carbonyl (C=O) groups excluding carboxylic acids is 4. The van der Waals surface area contributed by atoms with Crippen LogP contribution < -0.4 is 20.7 Å². The van der Waals surface area contributed by atoms with Crippen molar-refractivity contribution in [1.82, 2.24) is 10.6 Å². The van der Waals surface area contributed by atoms with Crippen molar-refractivity contribution in [3.05, 3.63) is 17.7 Å². The molecule has 14 nitrogen and oxygen atoms in total. The quantitative estimate of drug-likeness (QED) is 0.0501. The molecular weight excluding hydrogens is 759 g/mol. The summed E-state index contributed by atoms with van der Waals surface area (Å²) in [4.78, 5) is 50.1. The Morgan fingerprint density at radius 3 is 2.34 bits per heavy atom. The van der Waals surface area contributed by atoms with Crippen LogP contribution in [0.15, 0.2) is 12.1 Å². The standard InChI is InChI=1S/C45H71N3O11/c1-7-8-9-10-17-45(5,55)37-14-11-31-30-25-36(33-24-29(50)15-18-43(33,3)32(30)16-19-44(31,37)4)59-42(54)47-26-38(51)46-20-21-57-22-23-58-27-39(52)48-34-12-13-35(56-6)40(28(2)49)41(34)53/h12-13,29-33,36-37,50,53,55H,7-11,14-27H2,1-6H3,(H,46,51)(H,47,54)(H,48,52)/t29-,30-,31-,32-,33+,36-,37-,43+,44-,45-/m0/s1. The van der Waals surface area contributed by atoms with Gasteiger partial charge in [-0.25, -0.2) is 4.79 Å². The molecule has 1 aromatic carbocycles. The molecule has 332 valence electrons. The third-order valence-electron chi connectivity index (χ3n) is 14.7. The first-order chi connectivity index (χ1) is 28.0. The molecule has 14 heteroatoms. The zero-order valence-corrected chi connectivity index (χ0v) is 36.2. The molecule has 0 unspecified atom stereocenters. The van der Waals surface area contributed by atoms with Crippen LogP contribution >= 0.6 is 0 Å². The van der Waals surface area contributed by atoms with Gasteiger partial charge in [0.05, 0.1) is 50.9 Å². The molecule has 0 saturated heterocycles. The smallest absolute Gasteiger partial charge is 0.407 e. The van der Waals surface area contributed by atoms with Crippen molar-refractivity contribution in [3.8, 4) is 11.5 Å². The number of aliphatic hydroxyl groups is 2. The number of nitrogens with one attached hydrogen (secondary N) is 3. The van der Waals surface area contributed by atoms with E-state index in [1.165, 1.54) is 39.0 Å². The molecule has 4 fully saturated rings. The lowest BCUT2D eigenvalue weighted by Crippen LogP contribution is -2.60. The van der Waals surface area contributed by atoms with Crippen LogP contribution in [0, 0.1) is 40.4 Å². The van der Waals surface area contributed by atoms with Crippen molar-refractivity contribution < 1.29 is 53.4 Å². The van der Waals surface area contributed by atoms with E-state index in [0.29, 0.717) is 24.2 Å². The number of methoxy groups -OCH3 is 1. The third kappa shape index (κ3) is 10.9. The first-order valence-corrected chi connectivity index (χ1v) is 22.0. The van der Waals surface area contributed by atoms with Crippen molar-refractivity contribution in [2.45, 2.75) is 136 Å². The fourth-order valence-electron chi connectivity index (χ4n) is 11.9. The second-order valence-electron chi connectivity index (χ2n) is 18.5. The van der Waals surface area contributed by atoms with Gasteiger partial charge in [-0.1, -0.05) is 46.5 Å². The lowest BCUT2D eigenvalue weighted by Gasteiger charge is -2.62. The molecule has 0 aromatic heterocycles. The van der Waals surface area contributed by atoms with Gasteiger partial charge < -0.3 is 50.2 Å². The van der Waals surface area contributed by atoms with E-state index in [1.54, 1.807) is 0 Å². The molecule has 59 heavy (non-hydrogen) atoms. The maximum absolute atomic E-state index is 13.3. The summed E-state index contributed by atoms with van der Waals surface area (Å²) in [7, 11) is 1.38. The molecule has 0 aliphatic heterocycles. The maximum atomic E-state index is 13.3. The number of fused-ring (bicyclic) bond motifs is 5. The average molecular weight is 830 g/mol. The summed E-state index contributed by atoms with van der Waals surface area (Å²) in [6, 6.07) is 2.90. The number of benzene rings is 1. The van der Waals surface area contributed by atoms with Gasteiger partial charge >= 0.3 is 6.09 Å². The number of Topliss-reactive ketones (excluding diaryl/α,β-unsaturated/α-hetero) is 1. The Labute approximate surface area is 350 Å². The number of unbranched alkanes of at least 4 members (excludes halogenated alkanes) is 3. The Bertz CT molecular complexity index is 1620. The summed E-state index contributed by atoms with van der Waals surface area (Å²) in [6.45, 7) is 10.4. The highest BCUT2D eigenvalue weighted by molar-refractivity contribution is 6.03. The lowest BCUT2D eigenvalue weighted by atomic mass is 9.43. The molecule has 6 N–H and O–H groups in total. The van der Waals surface area contributed by atoms with Crippen LogP contribution in [0.25, 0.3) is 0 Å². The van der Waals surface area contributed by atoms with E-state index in [1.807, 2.05) is 0 Å². The number of hydrogen-bond acceptors (Lipinski definition) is 11. The second-order valence-corrected chi connectivity index (χ2v) is 18.5. The number of ketones is 1. The van der Waals surface area contributed by atoms with Crippen molar-refractivity contribution >= 4 is 29.4 Å². The molecule has 5 rings (SSSR count). The molecule has 10 atom stereocenters. The largest absolute Gasteiger partial charge is 0.505 e. The normalized spacial score (nSPS) is 30.8. The van der Waals surface area contributed by atoms with E-state index >= 15 is 0 Å². The zero-order valence-electron chi connectivity index (χ0n) is 36.2. The Morgan fingerprint density at radius 2 is 1.61 bits per heavy atom. The molecule has 0 spiro atoms. The molecule has 4 aliphatic rings. The molecule has 4 aliphatic carbocycles. The zero-order chi connectivity index (χ0) is 43.0. The number of carbonyl (C=O) groups is 4. The highest BCUT2D eigenvalue weighted by atomic mass is 16.6. The highest BCUT2D eigenvalue weighted by Gasteiger charge is 2.64. The topological polar surface area (TPSA) is 202 Å².